The number of likely N-dealkylation sites (N-methyl/N-ethyl adjacent to an activating group) is 1. The number of hydrogen-bond acceptors (Lipinski definition) is 3. The van der Waals surface area contributed by atoms with Crippen LogP contribution in [0.25, 0.3) is 0 Å². The zero-order valence-corrected chi connectivity index (χ0v) is 17.4. The Morgan fingerprint density at radius 3 is 2.29 bits per heavy atom. The molecule has 2 N–H and O–H groups in total. The summed E-state index contributed by atoms with van der Waals surface area (Å²) in [6, 6.07) is 9.05. The molecule has 2 fully saturated rings. The summed E-state index contributed by atoms with van der Waals surface area (Å²) in [4.78, 5) is 26.3. The Morgan fingerprint density at radius 1 is 1.18 bits per heavy atom. The van der Waals surface area contributed by atoms with Crippen molar-refractivity contribution in [2.24, 2.45) is 0 Å². The number of amides is 1. The molecule has 1 amide bonds. The molecule has 0 radical (unpaired) electrons. The van der Waals surface area contributed by atoms with E-state index in [1.165, 1.54) is 5.56 Å². The molecule has 2 aliphatic rings. The van der Waals surface area contributed by atoms with Crippen molar-refractivity contribution in [3.63, 3.8) is 0 Å². The van der Waals surface area contributed by atoms with Gasteiger partial charge in [0.2, 0.25) is 5.91 Å². The van der Waals surface area contributed by atoms with Crippen LogP contribution in [-0.2, 0) is 15.0 Å². The summed E-state index contributed by atoms with van der Waals surface area (Å²) >= 11 is 0. The zero-order chi connectivity index (χ0) is 20.3. The monoisotopic (exact) mass is 386 g/mol. The molecule has 0 atom stereocenters. The average molecular weight is 387 g/mol. The van der Waals surface area contributed by atoms with Crippen LogP contribution in [0.2, 0.25) is 0 Å². The Labute approximate surface area is 168 Å². The zero-order valence-electron chi connectivity index (χ0n) is 17.4. The van der Waals surface area contributed by atoms with Gasteiger partial charge in [-0.1, -0.05) is 57.9 Å². The van der Waals surface area contributed by atoms with Gasteiger partial charge in [-0.05, 0) is 49.3 Å². The summed E-state index contributed by atoms with van der Waals surface area (Å²) in [5.41, 5.74) is 2.05. The fourth-order valence-corrected chi connectivity index (χ4v) is 4.81. The van der Waals surface area contributed by atoms with Crippen molar-refractivity contribution in [1.29, 1.82) is 0 Å². The number of carboxylic acids is 1. The highest BCUT2D eigenvalue weighted by atomic mass is 16.4. The summed E-state index contributed by atoms with van der Waals surface area (Å²) in [6.07, 6.45) is 5.69. The molecule has 2 aliphatic carbocycles. The summed E-state index contributed by atoms with van der Waals surface area (Å²) in [5, 5.41) is 12.3. The standard InChI is InChI=1S/C23H34N2O3/c1-4-25(15-21(26)27)20-13-19(14-20)24-22(28)23(11-5-6-12-23)18-9-7-17(8-10-18)16(2)3/h7-10,16,19-20H,4-6,11-15H2,1-3H3,(H,24,28)(H,26,27). The van der Waals surface area contributed by atoms with Gasteiger partial charge in [-0.3, -0.25) is 14.5 Å². The van der Waals surface area contributed by atoms with Crippen LogP contribution in [0.15, 0.2) is 24.3 Å². The summed E-state index contributed by atoms with van der Waals surface area (Å²) in [7, 11) is 0. The normalized spacial score (nSPS) is 23.6. The molecular weight excluding hydrogens is 352 g/mol. The van der Waals surface area contributed by atoms with Crippen molar-refractivity contribution in [2.45, 2.75) is 82.7 Å². The molecule has 5 heteroatoms. The van der Waals surface area contributed by atoms with E-state index in [-0.39, 0.29) is 24.5 Å². The van der Waals surface area contributed by atoms with Gasteiger partial charge in [0.05, 0.1) is 12.0 Å². The second kappa shape index (κ2) is 8.64. The number of nitrogens with one attached hydrogen (secondary N) is 1. The Bertz CT molecular complexity index is 686. The summed E-state index contributed by atoms with van der Waals surface area (Å²) < 4.78 is 0. The number of aliphatic carboxylic acids is 1. The van der Waals surface area contributed by atoms with Crippen LogP contribution in [0.3, 0.4) is 0 Å². The van der Waals surface area contributed by atoms with Crippen molar-refractivity contribution >= 4 is 11.9 Å². The van der Waals surface area contributed by atoms with Crippen LogP contribution in [-0.4, -0.2) is 47.1 Å². The maximum Gasteiger partial charge on any atom is 0.317 e. The largest absolute Gasteiger partial charge is 0.480 e. The number of carboxylic acid groups (broad SMARTS) is 1. The minimum absolute atomic E-state index is 0.0774. The first-order chi connectivity index (χ1) is 13.4. The molecule has 0 heterocycles. The molecule has 5 nitrogen and oxygen atoms in total. The smallest absolute Gasteiger partial charge is 0.317 e. The maximum atomic E-state index is 13.3. The highest BCUT2D eigenvalue weighted by molar-refractivity contribution is 5.89. The lowest BCUT2D eigenvalue weighted by atomic mass is 9.76. The van der Waals surface area contributed by atoms with Gasteiger partial charge >= 0.3 is 5.97 Å². The third-order valence-corrected chi connectivity index (χ3v) is 6.73. The van der Waals surface area contributed by atoms with Crippen LogP contribution in [0.5, 0.6) is 0 Å². The van der Waals surface area contributed by atoms with Gasteiger partial charge in [0.1, 0.15) is 0 Å². The van der Waals surface area contributed by atoms with E-state index in [4.69, 9.17) is 5.11 Å². The van der Waals surface area contributed by atoms with Crippen LogP contribution in [0.4, 0.5) is 0 Å². The van der Waals surface area contributed by atoms with Crippen LogP contribution in [0.1, 0.15) is 76.3 Å². The SMILES string of the molecule is CCN(CC(=O)O)C1CC(NC(=O)C2(c3ccc(C(C)C)cc3)CCCC2)C1. The number of hydrogen-bond donors (Lipinski definition) is 2. The molecule has 2 saturated carbocycles. The molecule has 0 aromatic heterocycles. The van der Waals surface area contributed by atoms with Gasteiger partial charge < -0.3 is 10.4 Å². The highest BCUT2D eigenvalue weighted by Gasteiger charge is 2.45. The summed E-state index contributed by atoms with van der Waals surface area (Å²) in [6.45, 7) is 7.16. The van der Waals surface area contributed by atoms with Gasteiger partial charge in [-0.25, -0.2) is 0 Å². The van der Waals surface area contributed by atoms with E-state index in [0.717, 1.165) is 50.6 Å². The van der Waals surface area contributed by atoms with Gasteiger partial charge in [0.15, 0.2) is 0 Å². The van der Waals surface area contributed by atoms with Crippen molar-refractivity contribution in [3.05, 3.63) is 35.4 Å². The van der Waals surface area contributed by atoms with Crippen LogP contribution >= 0.6 is 0 Å². The Balaban J connectivity index is 1.64. The second-order valence-electron chi connectivity index (χ2n) is 8.82. The van der Waals surface area contributed by atoms with E-state index >= 15 is 0 Å². The molecule has 0 unspecified atom stereocenters. The van der Waals surface area contributed by atoms with E-state index in [2.05, 4.69) is 43.4 Å². The average Bonchev–Trinajstić information content (AvgIpc) is 3.13. The summed E-state index contributed by atoms with van der Waals surface area (Å²) in [5.74, 6) is -0.141. The first kappa shape index (κ1) is 20.8. The minimum Gasteiger partial charge on any atom is -0.480 e. The number of nitrogens with zero attached hydrogens (tertiary/aromatic N) is 1. The molecule has 28 heavy (non-hydrogen) atoms. The Morgan fingerprint density at radius 2 is 1.79 bits per heavy atom. The van der Waals surface area contributed by atoms with Crippen molar-refractivity contribution in [1.82, 2.24) is 10.2 Å². The lowest BCUT2D eigenvalue weighted by Crippen LogP contribution is -2.57. The lowest BCUT2D eigenvalue weighted by Gasteiger charge is -2.43. The molecule has 0 saturated heterocycles. The third-order valence-electron chi connectivity index (χ3n) is 6.73. The number of carbonyl (C=O) groups is 2. The van der Waals surface area contributed by atoms with Crippen molar-refractivity contribution in [2.75, 3.05) is 13.1 Å². The lowest BCUT2D eigenvalue weighted by molar-refractivity contribution is -0.140. The highest BCUT2D eigenvalue weighted by Crippen LogP contribution is 2.42. The molecule has 0 bridgehead atoms. The topological polar surface area (TPSA) is 69.6 Å². The van der Waals surface area contributed by atoms with Gasteiger partial charge in [0, 0.05) is 12.1 Å². The van der Waals surface area contributed by atoms with E-state index in [0.29, 0.717) is 5.92 Å². The predicted molar refractivity (Wildman–Crippen MR) is 111 cm³/mol. The maximum absolute atomic E-state index is 13.3. The van der Waals surface area contributed by atoms with Crippen molar-refractivity contribution < 1.29 is 14.7 Å². The molecule has 0 spiro atoms. The van der Waals surface area contributed by atoms with E-state index in [9.17, 15) is 9.59 Å². The van der Waals surface area contributed by atoms with E-state index < -0.39 is 11.4 Å². The molecule has 1 aromatic carbocycles. The number of benzene rings is 1. The Kier molecular flexibility index (Phi) is 6.43. The molecule has 3 rings (SSSR count). The van der Waals surface area contributed by atoms with Gasteiger partial charge in [-0.15, -0.1) is 0 Å². The van der Waals surface area contributed by atoms with Gasteiger partial charge in [0.25, 0.3) is 0 Å². The molecule has 154 valence electrons. The minimum atomic E-state index is -0.788. The predicted octanol–water partition coefficient (Wildman–Crippen LogP) is 3.68. The first-order valence-electron chi connectivity index (χ1n) is 10.7. The number of carbonyl (C=O) groups excluding carboxylic acids is 1. The van der Waals surface area contributed by atoms with E-state index in [1.54, 1.807) is 0 Å². The van der Waals surface area contributed by atoms with E-state index in [1.807, 2.05) is 11.8 Å². The number of rotatable bonds is 8. The third kappa shape index (κ3) is 4.24. The molecule has 0 aliphatic heterocycles. The van der Waals surface area contributed by atoms with Gasteiger partial charge in [-0.2, -0.15) is 0 Å². The quantitative estimate of drug-likeness (QED) is 0.715. The fourth-order valence-electron chi connectivity index (χ4n) is 4.81. The Hall–Kier alpha value is -1.88. The fraction of sp³-hybridized carbons (Fsp3) is 0.652. The molecule has 1 aromatic rings. The molecular formula is C23H34N2O3. The van der Waals surface area contributed by atoms with Crippen LogP contribution in [0, 0.1) is 0 Å². The second-order valence-corrected chi connectivity index (χ2v) is 8.82. The van der Waals surface area contributed by atoms with Crippen molar-refractivity contribution in [3.8, 4) is 0 Å². The first-order valence-corrected chi connectivity index (χ1v) is 10.7. The van der Waals surface area contributed by atoms with Crippen LogP contribution < -0.4 is 5.32 Å².